The number of carbonyl (C=O) groups excluding carboxylic acids is 1. The maximum Gasteiger partial charge on any atom is 0.272 e. The van der Waals surface area contributed by atoms with Gasteiger partial charge in [-0.05, 0) is 25.5 Å². The molecule has 5 nitrogen and oxygen atoms in total. The van der Waals surface area contributed by atoms with Gasteiger partial charge in [0.25, 0.3) is 5.91 Å². The van der Waals surface area contributed by atoms with E-state index in [1.807, 2.05) is 19.9 Å². The van der Waals surface area contributed by atoms with E-state index in [4.69, 9.17) is 10.00 Å². The van der Waals surface area contributed by atoms with Crippen molar-refractivity contribution in [2.45, 2.75) is 26.3 Å². The zero-order chi connectivity index (χ0) is 14.3. The van der Waals surface area contributed by atoms with Crippen molar-refractivity contribution in [1.29, 1.82) is 5.26 Å². The molecule has 102 valence electrons. The molecule has 5 heteroatoms. The molecule has 1 unspecified atom stereocenters. The number of rotatable bonds is 6. The van der Waals surface area contributed by atoms with E-state index >= 15 is 0 Å². The van der Waals surface area contributed by atoms with Crippen LogP contribution in [0.3, 0.4) is 0 Å². The molecule has 1 rings (SSSR count). The second-order valence-corrected chi connectivity index (χ2v) is 4.29. The predicted molar refractivity (Wildman–Crippen MR) is 71.6 cm³/mol. The second kappa shape index (κ2) is 7.49. The van der Waals surface area contributed by atoms with E-state index < -0.39 is 0 Å². The molecule has 0 aromatic carbocycles. The summed E-state index contributed by atoms with van der Waals surface area (Å²) in [5.41, 5.74) is 0.805. The van der Waals surface area contributed by atoms with E-state index in [1.165, 1.54) is 6.20 Å². The zero-order valence-electron chi connectivity index (χ0n) is 11.6. The Kier molecular flexibility index (Phi) is 5.97. The fraction of sp³-hybridized carbons (Fsp3) is 0.500. The van der Waals surface area contributed by atoms with Gasteiger partial charge in [0.15, 0.2) is 0 Å². The number of aromatic nitrogens is 1. The second-order valence-electron chi connectivity index (χ2n) is 4.29. The summed E-state index contributed by atoms with van der Waals surface area (Å²) in [5.74, 6) is -0.129. The van der Waals surface area contributed by atoms with Gasteiger partial charge in [-0.1, -0.05) is 6.92 Å². The first kappa shape index (κ1) is 15.1. The maximum atomic E-state index is 12.4. The van der Waals surface area contributed by atoms with Crippen molar-refractivity contribution in [2.24, 2.45) is 0 Å². The molecule has 1 aromatic heterocycles. The van der Waals surface area contributed by atoms with Gasteiger partial charge in [0.2, 0.25) is 0 Å². The van der Waals surface area contributed by atoms with Crippen LogP contribution in [0.2, 0.25) is 0 Å². The Morgan fingerprint density at radius 3 is 2.79 bits per heavy atom. The Bertz CT molecular complexity index is 451. The minimum Gasteiger partial charge on any atom is -0.383 e. The lowest BCUT2D eigenvalue weighted by Crippen LogP contribution is -2.40. The van der Waals surface area contributed by atoms with Gasteiger partial charge in [-0.15, -0.1) is 0 Å². The van der Waals surface area contributed by atoms with Crippen molar-refractivity contribution in [1.82, 2.24) is 9.88 Å². The highest BCUT2D eigenvalue weighted by Crippen LogP contribution is 2.09. The van der Waals surface area contributed by atoms with Gasteiger partial charge in [0.1, 0.15) is 11.8 Å². The van der Waals surface area contributed by atoms with Gasteiger partial charge >= 0.3 is 0 Å². The first-order valence-corrected chi connectivity index (χ1v) is 6.30. The molecular weight excluding hydrogens is 242 g/mol. The van der Waals surface area contributed by atoms with Crippen LogP contribution in [0.4, 0.5) is 0 Å². The Labute approximate surface area is 113 Å². The third-order valence-corrected chi connectivity index (χ3v) is 3.03. The number of amides is 1. The van der Waals surface area contributed by atoms with Crippen molar-refractivity contribution in [2.75, 3.05) is 20.3 Å². The van der Waals surface area contributed by atoms with Crippen LogP contribution in [0.1, 0.15) is 36.3 Å². The van der Waals surface area contributed by atoms with Crippen LogP contribution in [0.15, 0.2) is 18.3 Å². The van der Waals surface area contributed by atoms with E-state index in [2.05, 4.69) is 4.98 Å². The van der Waals surface area contributed by atoms with Gasteiger partial charge in [-0.2, -0.15) is 5.26 Å². The van der Waals surface area contributed by atoms with Crippen molar-refractivity contribution in [3.05, 3.63) is 29.6 Å². The Morgan fingerprint density at radius 1 is 1.58 bits per heavy atom. The number of carbonyl (C=O) groups is 1. The fourth-order valence-electron chi connectivity index (χ4n) is 1.67. The lowest BCUT2D eigenvalue weighted by atomic mass is 10.2. The fourth-order valence-corrected chi connectivity index (χ4v) is 1.67. The van der Waals surface area contributed by atoms with Crippen molar-refractivity contribution < 1.29 is 9.53 Å². The summed E-state index contributed by atoms with van der Waals surface area (Å²) in [6, 6.07) is 5.30. The van der Waals surface area contributed by atoms with Crippen LogP contribution in [0, 0.1) is 11.3 Å². The third-order valence-electron chi connectivity index (χ3n) is 3.03. The highest BCUT2D eigenvalue weighted by atomic mass is 16.5. The molecule has 1 heterocycles. The lowest BCUT2D eigenvalue weighted by Gasteiger charge is -2.28. The average molecular weight is 261 g/mol. The number of nitriles is 1. The van der Waals surface area contributed by atoms with Crippen LogP contribution >= 0.6 is 0 Å². The molecule has 0 aliphatic carbocycles. The number of methoxy groups -OCH3 is 1. The number of hydrogen-bond acceptors (Lipinski definition) is 4. The number of ether oxygens (including phenoxy) is 1. The van der Waals surface area contributed by atoms with Crippen LogP contribution in [-0.4, -0.2) is 42.1 Å². The van der Waals surface area contributed by atoms with E-state index in [0.29, 0.717) is 24.4 Å². The van der Waals surface area contributed by atoms with Gasteiger partial charge in [0, 0.05) is 25.9 Å². The molecule has 1 atom stereocenters. The molecule has 19 heavy (non-hydrogen) atoms. The molecule has 0 fully saturated rings. The highest BCUT2D eigenvalue weighted by molar-refractivity contribution is 5.92. The van der Waals surface area contributed by atoms with Gasteiger partial charge in [-0.3, -0.25) is 4.79 Å². The van der Waals surface area contributed by atoms with E-state index in [9.17, 15) is 4.79 Å². The monoisotopic (exact) mass is 261 g/mol. The number of nitrogens with zero attached hydrogens (tertiary/aromatic N) is 3. The molecule has 0 aliphatic heterocycles. The SMILES string of the molecule is CCC(C)N(CCOC)C(=O)c1ccc(C#N)cn1. The molecule has 1 amide bonds. The zero-order valence-corrected chi connectivity index (χ0v) is 11.6. The molecule has 1 aromatic rings. The van der Waals surface area contributed by atoms with Crippen LogP contribution in [0.25, 0.3) is 0 Å². The molecule has 0 radical (unpaired) electrons. The quantitative estimate of drug-likeness (QED) is 0.783. The molecular formula is C14H19N3O2. The summed E-state index contributed by atoms with van der Waals surface area (Å²) in [6.45, 7) is 5.06. The summed E-state index contributed by atoms with van der Waals surface area (Å²) < 4.78 is 5.03. The third kappa shape index (κ3) is 4.04. The topological polar surface area (TPSA) is 66.2 Å². The Balaban J connectivity index is 2.88. The molecule has 0 saturated heterocycles. The standard InChI is InChI=1S/C14H19N3O2/c1-4-11(2)17(7-8-19-3)14(18)13-6-5-12(9-15)10-16-13/h5-6,10-11H,4,7-8H2,1-3H3. The van der Waals surface area contributed by atoms with Crippen LogP contribution < -0.4 is 0 Å². The normalized spacial score (nSPS) is 11.7. The van der Waals surface area contributed by atoms with E-state index in [1.54, 1.807) is 24.1 Å². The first-order chi connectivity index (χ1) is 9.13. The Morgan fingerprint density at radius 2 is 2.32 bits per heavy atom. The van der Waals surface area contributed by atoms with Crippen molar-refractivity contribution in [3.8, 4) is 6.07 Å². The lowest BCUT2D eigenvalue weighted by molar-refractivity contribution is 0.0608. The molecule has 0 N–H and O–H groups in total. The largest absolute Gasteiger partial charge is 0.383 e. The summed E-state index contributed by atoms with van der Waals surface area (Å²) in [6.07, 6.45) is 2.28. The van der Waals surface area contributed by atoms with Crippen molar-refractivity contribution in [3.63, 3.8) is 0 Å². The minimum absolute atomic E-state index is 0.125. The number of pyridine rings is 1. The average Bonchev–Trinajstić information content (AvgIpc) is 2.47. The molecule has 0 saturated carbocycles. The van der Waals surface area contributed by atoms with Gasteiger partial charge < -0.3 is 9.64 Å². The van der Waals surface area contributed by atoms with E-state index in [0.717, 1.165) is 6.42 Å². The predicted octanol–water partition coefficient (Wildman–Crippen LogP) is 1.84. The first-order valence-electron chi connectivity index (χ1n) is 6.30. The summed E-state index contributed by atoms with van der Waals surface area (Å²) in [7, 11) is 1.61. The minimum atomic E-state index is -0.129. The highest BCUT2D eigenvalue weighted by Gasteiger charge is 2.21. The molecule has 0 spiro atoms. The van der Waals surface area contributed by atoms with Crippen LogP contribution in [0.5, 0.6) is 0 Å². The Hall–Kier alpha value is -1.93. The molecule has 0 aliphatic rings. The maximum absolute atomic E-state index is 12.4. The summed E-state index contributed by atoms with van der Waals surface area (Å²) >= 11 is 0. The molecule has 0 bridgehead atoms. The van der Waals surface area contributed by atoms with Crippen molar-refractivity contribution >= 4 is 5.91 Å². The van der Waals surface area contributed by atoms with Gasteiger partial charge in [0.05, 0.1) is 12.2 Å². The summed E-state index contributed by atoms with van der Waals surface area (Å²) in [5, 5.41) is 8.72. The smallest absolute Gasteiger partial charge is 0.272 e. The van der Waals surface area contributed by atoms with E-state index in [-0.39, 0.29) is 11.9 Å². The summed E-state index contributed by atoms with van der Waals surface area (Å²) in [4.78, 5) is 18.2. The van der Waals surface area contributed by atoms with Gasteiger partial charge in [-0.25, -0.2) is 4.98 Å². The number of hydrogen-bond donors (Lipinski definition) is 0. The van der Waals surface area contributed by atoms with Crippen LogP contribution in [-0.2, 0) is 4.74 Å².